The molecule has 0 saturated heterocycles. The molecule has 0 fully saturated rings. The molecule has 0 unspecified atom stereocenters. The number of halogens is 8. The van der Waals surface area contributed by atoms with E-state index in [0.29, 0.717) is 6.07 Å². The quantitative estimate of drug-likeness (QED) is 0.449. The van der Waals surface area contributed by atoms with Gasteiger partial charge in [-0.3, -0.25) is 0 Å². The molecule has 0 aliphatic rings. The molecule has 8 heteroatoms. The van der Waals surface area contributed by atoms with Crippen LogP contribution < -0.4 is 0 Å². The second-order valence-corrected chi connectivity index (χ2v) is 4.49. The lowest BCUT2D eigenvalue weighted by Crippen LogP contribution is -2.19. The zero-order chi connectivity index (χ0) is 13.4. The van der Waals surface area contributed by atoms with Crippen LogP contribution in [0.5, 0.6) is 0 Å². The first-order valence-electron chi connectivity index (χ1n) is 4.10. The van der Waals surface area contributed by atoms with E-state index in [0.717, 1.165) is 6.07 Å². The Kier molecular flexibility index (Phi) is 4.18. The minimum atomic E-state index is -5.06. The lowest BCUT2D eigenvalue weighted by atomic mass is 10.0. The summed E-state index contributed by atoms with van der Waals surface area (Å²) in [5.41, 5.74) is -3.80. The fraction of sp³-hybridized carbons (Fsp3) is 0.333. The lowest BCUT2D eigenvalue weighted by molar-refractivity contribution is -0.162. The number of alkyl halides is 7. The zero-order valence-electron chi connectivity index (χ0n) is 7.89. The van der Waals surface area contributed by atoms with Gasteiger partial charge < -0.3 is 0 Å². The fourth-order valence-electron chi connectivity index (χ4n) is 1.31. The van der Waals surface area contributed by atoms with Gasteiger partial charge in [-0.05, 0) is 17.7 Å². The normalized spacial score (nSPS) is 12.9. The maximum atomic E-state index is 12.7. The summed E-state index contributed by atoms with van der Waals surface area (Å²) in [6.07, 6.45) is -10.1. The first-order chi connectivity index (χ1) is 7.59. The summed E-state index contributed by atoms with van der Waals surface area (Å²) in [5, 5.41) is -0.327. The lowest BCUT2D eigenvalue weighted by Gasteiger charge is -2.19. The molecule has 0 aromatic heterocycles. The van der Waals surface area contributed by atoms with E-state index in [4.69, 9.17) is 0 Å². The van der Waals surface area contributed by atoms with Gasteiger partial charge in [-0.25, -0.2) is 0 Å². The average Bonchev–Trinajstić information content (AvgIpc) is 2.13. The van der Waals surface area contributed by atoms with E-state index in [1.165, 1.54) is 0 Å². The molecular formula is C9H4Br2F6. The van der Waals surface area contributed by atoms with Gasteiger partial charge in [0.2, 0.25) is 0 Å². The van der Waals surface area contributed by atoms with Crippen molar-refractivity contribution in [2.75, 3.05) is 0 Å². The topological polar surface area (TPSA) is 0 Å². The van der Waals surface area contributed by atoms with Gasteiger partial charge in [0.1, 0.15) is 0 Å². The highest BCUT2D eigenvalue weighted by molar-refractivity contribution is 9.10. The molecule has 0 aliphatic carbocycles. The van der Waals surface area contributed by atoms with Crippen LogP contribution >= 0.6 is 31.9 Å². The fourth-order valence-corrected chi connectivity index (χ4v) is 2.74. The second kappa shape index (κ2) is 4.79. The molecule has 0 amide bonds. The minimum absolute atomic E-state index is 0.0188. The molecule has 0 atom stereocenters. The molecule has 0 spiro atoms. The molecule has 1 rings (SSSR count). The Bertz CT molecular complexity index is 421. The van der Waals surface area contributed by atoms with Crippen LogP contribution in [0.15, 0.2) is 16.6 Å². The number of rotatable bonds is 1. The van der Waals surface area contributed by atoms with Crippen LogP contribution in [0.1, 0.15) is 16.7 Å². The van der Waals surface area contributed by atoms with Gasteiger partial charge in [-0.15, -0.1) is 0 Å². The smallest absolute Gasteiger partial charge is 0.166 e. The van der Waals surface area contributed by atoms with Crippen molar-refractivity contribution in [2.45, 2.75) is 17.7 Å². The van der Waals surface area contributed by atoms with Crippen LogP contribution in [-0.4, -0.2) is 0 Å². The van der Waals surface area contributed by atoms with Gasteiger partial charge in [0, 0.05) is 9.80 Å². The Hall–Kier alpha value is -0.240. The maximum Gasteiger partial charge on any atom is 0.417 e. The first-order valence-corrected chi connectivity index (χ1v) is 6.02. The summed E-state index contributed by atoms with van der Waals surface area (Å²) in [7, 11) is 0. The van der Waals surface area contributed by atoms with E-state index < -0.39 is 29.0 Å². The molecule has 17 heavy (non-hydrogen) atoms. The van der Waals surface area contributed by atoms with Gasteiger partial charge in [0.05, 0.1) is 11.1 Å². The largest absolute Gasteiger partial charge is 0.417 e. The second-order valence-electron chi connectivity index (χ2n) is 3.08. The standard InChI is InChI=1S/C9H4Br2F6/c10-3-4-6(11)2-1-5(8(12,13)14)7(4)9(15,16)17/h1-2H,3H2. The predicted molar refractivity (Wildman–Crippen MR) is 56.8 cm³/mol. The summed E-state index contributed by atoms with van der Waals surface area (Å²) in [6.45, 7) is 0. The summed E-state index contributed by atoms with van der Waals surface area (Å²) >= 11 is 5.56. The summed E-state index contributed by atoms with van der Waals surface area (Å²) in [5.74, 6) is 0. The van der Waals surface area contributed by atoms with Crippen molar-refractivity contribution in [3.8, 4) is 0 Å². The van der Waals surface area contributed by atoms with Crippen LogP contribution in [0.3, 0.4) is 0 Å². The molecule has 0 aliphatic heterocycles. The van der Waals surface area contributed by atoms with Crippen LogP contribution in [-0.2, 0) is 17.7 Å². The summed E-state index contributed by atoms with van der Waals surface area (Å²) in [4.78, 5) is 0. The highest BCUT2D eigenvalue weighted by Crippen LogP contribution is 2.44. The van der Waals surface area contributed by atoms with Crippen LogP contribution in [0.2, 0.25) is 0 Å². The molecule has 1 aromatic rings. The van der Waals surface area contributed by atoms with Gasteiger partial charge in [-0.2, -0.15) is 26.3 Å². The zero-order valence-corrected chi connectivity index (χ0v) is 11.1. The molecule has 96 valence electrons. The van der Waals surface area contributed by atoms with E-state index in [1.54, 1.807) is 0 Å². The molecule has 0 nitrogen and oxygen atoms in total. The maximum absolute atomic E-state index is 12.7. The van der Waals surface area contributed by atoms with E-state index in [2.05, 4.69) is 31.9 Å². The highest BCUT2D eigenvalue weighted by atomic mass is 79.9. The Labute approximate surface area is 109 Å². The molecule has 0 radical (unpaired) electrons. The SMILES string of the molecule is FC(F)(F)c1ccc(Br)c(CBr)c1C(F)(F)F. The monoisotopic (exact) mass is 384 g/mol. The third-order valence-corrected chi connectivity index (χ3v) is 3.28. The third kappa shape index (κ3) is 3.15. The third-order valence-electron chi connectivity index (χ3n) is 1.98. The van der Waals surface area contributed by atoms with Crippen molar-refractivity contribution < 1.29 is 26.3 Å². The summed E-state index contributed by atoms with van der Waals surface area (Å²) in [6, 6.07) is 1.37. The van der Waals surface area contributed by atoms with Crippen molar-refractivity contribution in [2.24, 2.45) is 0 Å². The molecular weight excluding hydrogens is 382 g/mol. The number of hydrogen-bond donors (Lipinski definition) is 0. The number of hydrogen-bond acceptors (Lipinski definition) is 0. The number of benzene rings is 1. The van der Waals surface area contributed by atoms with Crippen LogP contribution in [0, 0.1) is 0 Å². The molecule has 0 bridgehead atoms. The average molecular weight is 386 g/mol. The van der Waals surface area contributed by atoms with Crippen molar-refractivity contribution in [1.82, 2.24) is 0 Å². The van der Waals surface area contributed by atoms with E-state index in [1.807, 2.05) is 0 Å². The summed E-state index contributed by atoms with van der Waals surface area (Å²) < 4.78 is 75.5. The van der Waals surface area contributed by atoms with Gasteiger partial charge >= 0.3 is 12.4 Å². The minimum Gasteiger partial charge on any atom is -0.166 e. The van der Waals surface area contributed by atoms with Crippen LogP contribution in [0.4, 0.5) is 26.3 Å². The van der Waals surface area contributed by atoms with E-state index in [9.17, 15) is 26.3 Å². The van der Waals surface area contributed by atoms with Gasteiger partial charge in [-0.1, -0.05) is 31.9 Å². The van der Waals surface area contributed by atoms with Crippen molar-refractivity contribution in [1.29, 1.82) is 0 Å². The molecule has 1 aromatic carbocycles. The Morgan fingerprint density at radius 3 is 1.82 bits per heavy atom. The first kappa shape index (κ1) is 14.8. The molecule has 0 N–H and O–H groups in total. The predicted octanol–water partition coefficient (Wildman–Crippen LogP) is 5.38. The molecule has 0 heterocycles. The van der Waals surface area contributed by atoms with Gasteiger partial charge in [0.25, 0.3) is 0 Å². The van der Waals surface area contributed by atoms with Crippen molar-refractivity contribution in [3.63, 3.8) is 0 Å². The van der Waals surface area contributed by atoms with Gasteiger partial charge in [0.15, 0.2) is 0 Å². The Balaban J connectivity index is 3.64. The highest BCUT2D eigenvalue weighted by Gasteiger charge is 2.44. The van der Waals surface area contributed by atoms with E-state index >= 15 is 0 Å². The Morgan fingerprint density at radius 1 is 0.941 bits per heavy atom. The van der Waals surface area contributed by atoms with E-state index in [-0.39, 0.29) is 9.80 Å². The van der Waals surface area contributed by atoms with Crippen molar-refractivity contribution in [3.05, 3.63) is 33.3 Å². The molecule has 0 saturated carbocycles. The Morgan fingerprint density at radius 2 is 1.47 bits per heavy atom. The van der Waals surface area contributed by atoms with Crippen molar-refractivity contribution >= 4 is 31.9 Å². The van der Waals surface area contributed by atoms with Crippen LogP contribution in [0.25, 0.3) is 0 Å².